The molecule has 21 heavy (non-hydrogen) atoms. The summed E-state index contributed by atoms with van der Waals surface area (Å²) in [6.45, 7) is 5.05. The molecule has 3 heterocycles. The molecule has 0 radical (unpaired) electrons. The van der Waals surface area contributed by atoms with Gasteiger partial charge in [-0.2, -0.15) is 5.10 Å². The first kappa shape index (κ1) is 14.5. The number of nitrogens with zero attached hydrogens (tertiary/aromatic N) is 2. The van der Waals surface area contributed by atoms with Crippen LogP contribution in [-0.4, -0.2) is 9.78 Å². The molecule has 0 atom stereocenters. The number of thiophene rings is 2. The average molecular weight is 317 g/mol. The van der Waals surface area contributed by atoms with Crippen molar-refractivity contribution in [1.82, 2.24) is 15.1 Å². The number of aryl methyl sites for hydroxylation is 2. The molecule has 0 unspecified atom stereocenters. The topological polar surface area (TPSA) is 29.9 Å². The van der Waals surface area contributed by atoms with Crippen LogP contribution in [0.15, 0.2) is 35.0 Å². The number of aromatic nitrogens is 2. The smallest absolute Gasteiger partial charge is 0.0767 e. The van der Waals surface area contributed by atoms with Gasteiger partial charge in [0.25, 0.3) is 0 Å². The van der Waals surface area contributed by atoms with Crippen LogP contribution in [0, 0.1) is 13.8 Å². The fourth-order valence-corrected chi connectivity index (χ4v) is 4.24. The zero-order valence-electron chi connectivity index (χ0n) is 12.5. The Morgan fingerprint density at radius 3 is 2.19 bits per heavy atom. The van der Waals surface area contributed by atoms with Gasteiger partial charge in [-0.05, 0) is 36.7 Å². The Labute approximate surface area is 133 Å². The Morgan fingerprint density at radius 2 is 1.76 bits per heavy atom. The number of rotatable bonds is 5. The summed E-state index contributed by atoms with van der Waals surface area (Å²) in [6, 6.07) is 8.89. The molecule has 3 aromatic rings. The third kappa shape index (κ3) is 2.95. The normalized spacial score (nSPS) is 11.4. The van der Waals surface area contributed by atoms with E-state index in [0.29, 0.717) is 0 Å². The van der Waals surface area contributed by atoms with E-state index in [-0.39, 0.29) is 6.04 Å². The van der Waals surface area contributed by atoms with Gasteiger partial charge in [0.2, 0.25) is 0 Å². The van der Waals surface area contributed by atoms with Crippen LogP contribution in [-0.2, 0) is 13.6 Å². The molecule has 0 saturated carbocycles. The van der Waals surface area contributed by atoms with Gasteiger partial charge in [0, 0.05) is 34.6 Å². The zero-order chi connectivity index (χ0) is 14.8. The third-order valence-corrected chi connectivity index (χ3v) is 5.67. The van der Waals surface area contributed by atoms with Crippen molar-refractivity contribution in [3.63, 3.8) is 0 Å². The lowest BCUT2D eigenvalue weighted by molar-refractivity contribution is 0.617. The first-order valence-electron chi connectivity index (χ1n) is 6.96. The van der Waals surface area contributed by atoms with Crippen molar-refractivity contribution in [2.45, 2.75) is 26.4 Å². The van der Waals surface area contributed by atoms with Crippen molar-refractivity contribution < 1.29 is 0 Å². The van der Waals surface area contributed by atoms with E-state index in [2.05, 4.69) is 59.3 Å². The van der Waals surface area contributed by atoms with Crippen molar-refractivity contribution in [3.8, 4) is 0 Å². The molecule has 3 aromatic heterocycles. The maximum Gasteiger partial charge on any atom is 0.0767 e. The van der Waals surface area contributed by atoms with E-state index in [9.17, 15) is 0 Å². The van der Waals surface area contributed by atoms with E-state index in [0.717, 1.165) is 12.2 Å². The summed E-state index contributed by atoms with van der Waals surface area (Å²) in [6.07, 6.45) is 0. The lowest BCUT2D eigenvalue weighted by atomic mass is 10.1. The molecule has 0 saturated heterocycles. The molecule has 110 valence electrons. The van der Waals surface area contributed by atoms with Gasteiger partial charge < -0.3 is 5.32 Å². The molecule has 0 spiro atoms. The van der Waals surface area contributed by atoms with Crippen molar-refractivity contribution in [2.24, 2.45) is 7.05 Å². The highest BCUT2D eigenvalue weighted by atomic mass is 32.1. The average Bonchev–Trinajstić information content (AvgIpc) is 3.18. The molecule has 0 aliphatic rings. The predicted molar refractivity (Wildman–Crippen MR) is 90.0 cm³/mol. The van der Waals surface area contributed by atoms with Gasteiger partial charge in [-0.25, -0.2) is 0 Å². The Kier molecular flexibility index (Phi) is 4.24. The second kappa shape index (κ2) is 6.13. The Balaban J connectivity index is 1.83. The molecule has 3 nitrogen and oxygen atoms in total. The van der Waals surface area contributed by atoms with Crippen molar-refractivity contribution in [2.75, 3.05) is 0 Å². The number of hydrogen-bond donors (Lipinski definition) is 1. The van der Waals surface area contributed by atoms with E-state index < -0.39 is 0 Å². The Bertz CT molecular complexity index is 662. The summed E-state index contributed by atoms with van der Waals surface area (Å²) in [5.41, 5.74) is 3.64. The summed E-state index contributed by atoms with van der Waals surface area (Å²) in [5, 5.41) is 12.5. The highest BCUT2D eigenvalue weighted by Crippen LogP contribution is 2.29. The van der Waals surface area contributed by atoms with Crippen LogP contribution in [0.1, 0.15) is 32.7 Å². The minimum atomic E-state index is 0.268. The van der Waals surface area contributed by atoms with Crippen LogP contribution in [0.25, 0.3) is 0 Å². The fraction of sp³-hybridized carbons (Fsp3) is 0.312. The van der Waals surface area contributed by atoms with Crippen molar-refractivity contribution >= 4 is 22.7 Å². The summed E-state index contributed by atoms with van der Waals surface area (Å²) >= 11 is 3.60. The molecule has 0 amide bonds. The van der Waals surface area contributed by atoms with E-state index in [4.69, 9.17) is 0 Å². The monoisotopic (exact) mass is 317 g/mol. The lowest BCUT2D eigenvalue weighted by Gasteiger charge is -2.16. The van der Waals surface area contributed by atoms with Crippen LogP contribution in [0.5, 0.6) is 0 Å². The maximum absolute atomic E-state index is 4.50. The summed E-state index contributed by atoms with van der Waals surface area (Å²) in [4.78, 5) is 2.72. The van der Waals surface area contributed by atoms with Crippen LogP contribution in [0.3, 0.4) is 0 Å². The molecule has 5 heteroatoms. The van der Waals surface area contributed by atoms with Crippen molar-refractivity contribution in [3.05, 3.63) is 61.7 Å². The summed E-state index contributed by atoms with van der Waals surface area (Å²) in [7, 11) is 2.00. The van der Waals surface area contributed by atoms with E-state index >= 15 is 0 Å². The molecule has 3 rings (SSSR count). The van der Waals surface area contributed by atoms with E-state index in [1.165, 1.54) is 21.0 Å². The lowest BCUT2D eigenvalue weighted by Crippen LogP contribution is -2.21. The Morgan fingerprint density at radius 1 is 1.14 bits per heavy atom. The van der Waals surface area contributed by atoms with Gasteiger partial charge in [-0.3, -0.25) is 4.68 Å². The number of nitrogens with one attached hydrogen (secondary N) is 1. The minimum Gasteiger partial charge on any atom is -0.301 e. The van der Waals surface area contributed by atoms with Crippen LogP contribution >= 0.6 is 22.7 Å². The molecular weight excluding hydrogens is 298 g/mol. The standard InChI is InChI=1S/C16H19N3S2/c1-11-13(12(2)19(3)18-11)10-17-16(14-6-4-8-20-14)15-7-5-9-21-15/h4-9,16-17H,10H2,1-3H3. The first-order valence-corrected chi connectivity index (χ1v) is 8.72. The molecule has 0 fully saturated rings. The Hall–Kier alpha value is -1.43. The molecule has 0 bridgehead atoms. The molecule has 0 aliphatic heterocycles. The first-order chi connectivity index (χ1) is 10.2. The van der Waals surface area contributed by atoms with Gasteiger partial charge in [0.1, 0.15) is 0 Å². The molecule has 0 aromatic carbocycles. The molecular formula is C16H19N3S2. The SMILES string of the molecule is Cc1nn(C)c(C)c1CNC(c1cccs1)c1cccs1. The molecule has 0 aliphatic carbocycles. The predicted octanol–water partition coefficient (Wildman–Crippen LogP) is 4.04. The second-order valence-electron chi connectivity index (χ2n) is 5.12. The highest BCUT2D eigenvalue weighted by molar-refractivity contribution is 7.11. The van der Waals surface area contributed by atoms with Gasteiger partial charge in [0.15, 0.2) is 0 Å². The molecule has 1 N–H and O–H groups in total. The van der Waals surface area contributed by atoms with Gasteiger partial charge >= 0.3 is 0 Å². The van der Waals surface area contributed by atoms with Gasteiger partial charge in [-0.15, -0.1) is 22.7 Å². The van der Waals surface area contributed by atoms with Crippen LogP contribution in [0.2, 0.25) is 0 Å². The third-order valence-electron chi connectivity index (χ3n) is 3.80. The van der Waals surface area contributed by atoms with E-state index in [1.807, 2.05) is 11.7 Å². The minimum absolute atomic E-state index is 0.268. The zero-order valence-corrected chi connectivity index (χ0v) is 14.1. The van der Waals surface area contributed by atoms with Crippen LogP contribution in [0.4, 0.5) is 0 Å². The second-order valence-corrected chi connectivity index (χ2v) is 7.08. The van der Waals surface area contributed by atoms with Gasteiger partial charge in [0.05, 0.1) is 11.7 Å². The summed E-state index contributed by atoms with van der Waals surface area (Å²) in [5.74, 6) is 0. The largest absolute Gasteiger partial charge is 0.301 e. The maximum atomic E-state index is 4.50. The van der Waals surface area contributed by atoms with E-state index in [1.54, 1.807) is 22.7 Å². The quantitative estimate of drug-likeness (QED) is 0.769. The highest BCUT2D eigenvalue weighted by Gasteiger charge is 2.17. The fourth-order valence-electron chi connectivity index (χ4n) is 2.53. The summed E-state index contributed by atoms with van der Waals surface area (Å²) < 4.78 is 1.96. The number of hydrogen-bond acceptors (Lipinski definition) is 4. The van der Waals surface area contributed by atoms with Gasteiger partial charge in [-0.1, -0.05) is 12.1 Å². The van der Waals surface area contributed by atoms with Crippen molar-refractivity contribution in [1.29, 1.82) is 0 Å². The van der Waals surface area contributed by atoms with Crippen LogP contribution < -0.4 is 5.32 Å².